The molecule has 1 radical (unpaired) electrons. The fourth-order valence-corrected chi connectivity index (χ4v) is 1.04. The van der Waals surface area contributed by atoms with E-state index >= 15 is 0 Å². The van der Waals surface area contributed by atoms with Gasteiger partial charge < -0.3 is 5.32 Å². The lowest BCUT2D eigenvalue weighted by Gasteiger charge is -2.05. The molecule has 0 saturated carbocycles. The van der Waals surface area contributed by atoms with Crippen molar-refractivity contribution in [2.24, 2.45) is 0 Å². The molecule has 0 aromatic carbocycles. The molecule has 1 atom stereocenters. The van der Waals surface area contributed by atoms with E-state index in [-0.39, 0.29) is 0 Å². The van der Waals surface area contributed by atoms with Crippen molar-refractivity contribution in [3.63, 3.8) is 0 Å². The molecule has 47 valence electrons. The van der Waals surface area contributed by atoms with Gasteiger partial charge in [0.25, 0.3) is 0 Å². The molecule has 1 aliphatic rings. The van der Waals surface area contributed by atoms with Crippen LogP contribution in [0, 0.1) is 0 Å². The minimum atomic E-state index is 0.694. The Kier molecular flexibility index (Phi) is 2.30. The second-order valence-corrected chi connectivity index (χ2v) is 2.17. The first-order valence-corrected chi connectivity index (χ1v) is 3.30. The quantitative estimate of drug-likeness (QED) is 0.535. The second kappa shape index (κ2) is 3.05. The van der Waals surface area contributed by atoms with Crippen LogP contribution in [0.15, 0.2) is 0 Å². The second-order valence-electron chi connectivity index (χ2n) is 2.17. The third-order valence-corrected chi connectivity index (χ3v) is 1.48. The summed E-state index contributed by atoms with van der Waals surface area (Å²) in [7, 11) is 0. The van der Waals surface area contributed by atoms with Crippen LogP contribution in [0.1, 0.15) is 13.3 Å². The summed E-state index contributed by atoms with van der Waals surface area (Å²) in [5.41, 5.74) is 0. The zero-order chi connectivity index (χ0) is 5.82. The van der Waals surface area contributed by atoms with Crippen LogP contribution in [0.4, 0.5) is 0 Å². The van der Waals surface area contributed by atoms with Crippen LogP contribution in [0.25, 0.3) is 0 Å². The highest BCUT2D eigenvalue weighted by molar-refractivity contribution is 4.75. The smallest absolute Gasteiger partial charge is 0.0288 e. The normalized spacial score (nSPS) is 28.9. The number of nitrogens with one attached hydrogen (secondary N) is 1. The van der Waals surface area contributed by atoms with Crippen molar-refractivity contribution in [3.05, 3.63) is 0 Å². The van der Waals surface area contributed by atoms with E-state index in [9.17, 15) is 0 Å². The predicted molar refractivity (Wildman–Crippen MR) is 33.9 cm³/mol. The van der Waals surface area contributed by atoms with Crippen LogP contribution in [0.3, 0.4) is 0 Å². The minimum absolute atomic E-state index is 0.694. The molecule has 1 aliphatic heterocycles. The Bertz CT molecular complexity index is 57.5. The summed E-state index contributed by atoms with van der Waals surface area (Å²) in [6.07, 6.45) is 1.24. The monoisotopic (exact) mass is 113 g/mol. The summed E-state index contributed by atoms with van der Waals surface area (Å²) in [6, 6.07) is 0.694. The Morgan fingerprint density at radius 2 is 2.62 bits per heavy atom. The molecule has 0 aromatic rings. The highest BCUT2D eigenvalue weighted by atomic mass is 15.0. The number of likely N-dealkylation sites (N-methyl/N-ethyl adjacent to an activating group) is 1. The molecule has 0 aromatic heterocycles. The third-order valence-electron chi connectivity index (χ3n) is 1.48. The molecule has 1 rings (SSSR count). The van der Waals surface area contributed by atoms with Gasteiger partial charge in [0.05, 0.1) is 0 Å². The van der Waals surface area contributed by atoms with E-state index < -0.39 is 0 Å². The van der Waals surface area contributed by atoms with Crippen LogP contribution in [-0.2, 0) is 0 Å². The summed E-state index contributed by atoms with van der Waals surface area (Å²) in [4.78, 5) is 0. The van der Waals surface area contributed by atoms with E-state index in [4.69, 9.17) is 0 Å². The maximum atomic E-state index is 4.22. The molecular formula is C6H13N2. The Morgan fingerprint density at radius 1 is 1.75 bits per heavy atom. The van der Waals surface area contributed by atoms with Crippen molar-refractivity contribution in [1.82, 2.24) is 10.6 Å². The molecule has 0 bridgehead atoms. The molecular weight excluding hydrogens is 100 g/mol. The van der Waals surface area contributed by atoms with Gasteiger partial charge in [0, 0.05) is 19.1 Å². The Balaban J connectivity index is 2.06. The fraction of sp³-hybridized carbons (Fsp3) is 1.00. The van der Waals surface area contributed by atoms with Crippen LogP contribution >= 0.6 is 0 Å². The first-order chi connectivity index (χ1) is 3.93. The number of hydrogen-bond acceptors (Lipinski definition) is 1. The van der Waals surface area contributed by atoms with Crippen molar-refractivity contribution >= 4 is 0 Å². The first kappa shape index (κ1) is 6.05. The molecule has 0 spiro atoms. The van der Waals surface area contributed by atoms with E-state index in [2.05, 4.69) is 17.6 Å². The molecule has 1 fully saturated rings. The number of rotatable bonds is 2. The Hall–Kier alpha value is -0.0800. The maximum absolute atomic E-state index is 4.22. The van der Waals surface area contributed by atoms with Crippen molar-refractivity contribution in [3.8, 4) is 0 Å². The van der Waals surface area contributed by atoms with Gasteiger partial charge in [0.15, 0.2) is 0 Å². The van der Waals surface area contributed by atoms with E-state index in [1.807, 2.05) is 0 Å². The number of nitrogens with zero attached hydrogens (tertiary/aromatic N) is 1. The molecule has 0 amide bonds. The zero-order valence-electron chi connectivity index (χ0n) is 5.35. The van der Waals surface area contributed by atoms with Gasteiger partial charge in [-0.05, 0) is 13.0 Å². The van der Waals surface area contributed by atoms with Gasteiger partial charge in [-0.25, -0.2) is 5.32 Å². The fourth-order valence-electron chi connectivity index (χ4n) is 1.04. The van der Waals surface area contributed by atoms with Crippen molar-refractivity contribution < 1.29 is 0 Å². The highest BCUT2D eigenvalue weighted by Gasteiger charge is 2.12. The van der Waals surface area contributed by atoms with E-state index in [1.54, 1.807) is 0 Å². The predicted octanol–water partition coefficient (Wildman–Crippen LogP) is -0.0274. The Morgan fingerprint density at radius 3 is 3.12 bits per heavy atom. The summed E-state index contributed by atoms with van der Waals surface area (Å²) in [6.45, 7) is 5.32. The number of hydrogen-bond donors (Lipinski definition) is 1. The standard InChI is InChI=1S/C6H13N2/c1-2-8-6-3-4-7-5-6/h6,8H,2-5H2,1H3/t6-/m1/s1. The van der Waals surface area contributed by atoms with Crippen LogP contribution < -0.4 is 10.6 Å². The van der Waals surface area contributed by atoms with Gasteiger partial charge in [0.2, 0.25) is 0 Å². The molecule has 1 heterocycles. The van der Waals surface area contributed by atoms with E-state index in [0.717, 1.165) is 19.6 Å². The lowest BCUT2D eigenvalue weighted by atomic mass is 10.3. The molecule has 2 nitrogen and oxygen atoms in total. The lowest BCUT2D eigenvalue weighted by Crippen LogP contribution is -2.29. The molecule has 2 heteroatoms. The third kappa shape index (κ3) is 1.46. The molecule has 8 heavy (non-hydrogen) atoms. The van der Waals surface area contributed by atoms with Gasteiger partial charge in [-0.1, -0.05) is 6.92 Å². The van der Waals surface area contributed by atoms with Crippen LogP contribution in [0.2, 0.25) is 0 Å². The molecule has 0 unspecified atom stereocenters. The zero-order valence-corrected chi connectivity index (χ0v) is 5.35. The van der Waals surface area contributed by atoms with E-state index in [0.29, 0.717) is 6.04 Å². The van der Waals surface area contributed by atoms with Gasteiger partial charge in [-0.3, -0.25) is 0 Å². The summed E-state index contributed by atoms with van der Waals surface area (Å²) >= 11 is 0. The van der Waals surface area contributed by atoms with Gasteiger partial charge >= 0.3 is 0 Å². The molecule has 1 N–H and O–H groups in total. The first-order valence-electron chi connectivity index (χ1n) is 3.30. The van der Waals surface area contributed by atoms with Crippen LogP contribution in [-0.4, -0.2) is 25.7 Å². The van der Waals surface area contributed by atoms with Crippen molar-refractivity contribution in [2.75, 3.05) is 19.6 Å². The summed E-state index contributed by atoms with van der Waals surface area (Å²) in [5, 5.41) is 7.57. The summed E-state index contributed by atoms with van der Waals surface area (Å²) < 4.78 is 0. The average molecular weight is 113 g/mol. The average Bonchev–Trinajstić information content (AvgIpc) is 2.19. The summed E-state index contributed by atoms with van der Waals surface area (Å²) in [5.74, 6) is 0. The molecule has 1 saturated heterocycles. The van der Waals surface area contributed by atoms with Gasteiger partial charge in [-0.2, -0.15) is 0 Å². The topological polar surface area (TPSA) is 26.1 Å². The van der Waals surface area contributed by atoms with Crippen LogP contribution in [0.5, 0.6) is 0 Å². The van der Waals surface area contributed by atoms with Crippen molar-refractivity contribution in [1.29, 1.82) is 0 Å². The maximum Gasteiger partial charge on any atom is 0.0288 e. The minimum Gasteiger partial charge on any atom is -0.313 e. The van der Waals surface area contributed by atoms with Crippen molar-refractivity contribution in [2.45, 2.75) is 19.4 Å². The molecule has 0 aliphatic carbocycles. The van der Waals surface area contributed by atoms with Gasteiger partial charge in [0.1, 0.15) is 0 Å². The lowest BCUT2D eigenvalue weighted by molar-refractivity contribution is 0.566. The SMILES string of the molecule is CCN[C@@H]1CC[N]C1. The highest BCUT2D eigenvalue weighted by Crippen LogP contribution is 1.96. The Labute approximate surface area is 50.7 Å². The van der Waals surface area contributed by atoms with Gasteiger partial charge in [-0.15, -0.1) is 0 Å². The largest absolute Gasteiger partial charge is 0.313 e. The van der Waals surface area contributed by atoms with E-state index in [1.165, 1.54) is 6.42 Å².